The van der Waals surface area contributed by atoms with Crippen molar-refractivity contribution in [3.05, 3.63) is 58.1 Å². The third-order valence-corrected chi connectivity index (χ3v) is 4.47. The van der Waals surface area contributed by atoms with Crippen LogP contribution in [0.4, 0.5) is 0 Å². The van der Waals surface area contributed by atoms with Gasteiger partial charge in [0.1, 0.15) is 6.61 Å². The molecular weight excluding hydrogens is 322 g/mol. The molecule has 0 aliphatic carbocycles. The van der Waals surface area contributed by atoms with Crippen molar-refractivity contribution in [1.29, 1.82) is 0 Å². The van der Waals surface area contributed by atoms with E-state index in [-0.39, 0.29) is 0 Å². The Morgan fingerprint density at radius 2 is 1.96 bits per heavy atom. The third kappa shape index (κ3) is 4.89. The van der Waals surface area contributed by atoms with E-state index in [0.29, 0.717) is 29.2 Å². The number of ether oxygens (including phenoxy) is 2. The molecule has 0 aliphatic rings. The topological polar surface area (TPSA) is 30.5 Å². The second-order valence-corrected chi connectivity index (χ2v) is 6.42. The monoisotopic (exact) mass is 347 g/mol. The van der Waals surface area contributed by atoms with Crippen LogP contribution in [0.3, 0.4) is 0 Å². The molecule has 2 aromatic rings. The lowest BCUT2D eigenvalue weighted by molar-refractivity contribution is 0.284. The average Bonchev–Trinajstić information content (AvgIpc) is 2.59. The van der Waals surface area contributed by atoms with Gasteiger partial charge in [0.2, 0.25) is 0 Å². The molecule has 2 aromatic carbocycles. The van der Waals surface area contributed by atoms with Crippen LogP contribution in [0.5, 0.6) is 11.5 Å². The molecule has 4 heteroatoms. The SMILES string of the molecule is CC[C@@H](C)NCc1cc(Cl)c(OCc2ccccc2C)c(OC)c1. The Morgan fingerprint density at radius 1 is 1.21 bits per heavy atom. The highest BCUT2D eigenvalue weighted by Crippen LogP contribution is 2.37. The van der Waals surface area contributed by atoms with Crippen LogP contribution < -0.4 is 14.8 Å². The molecule has 0 aliphatic heterocycles. The number of benzene rings is 2. The zero-order valence-electron chi connectivity index (χ0n) is 14.9. The fourth-order valence-electron chi connectivity index (χ4n) is 2.37. The summed E-state index contributed by atoms with van der Waals surface area (Å²) >= 11 is 6.44. The van der Waals surface area contributed by atoms with E-state index in [1.54, 1.807) is 7.11 Å². The van der Waals surface area contributed by atoms with Crippen molar-refractivity contribution < 1.29 is 9.47 Å². The highest BCUT2D eigenvalue weighted by atomic mass is 35.5. The minimum Gasteiger partial charge on any atom is -0.493 e. The maximum absolute atomic E-state index is 6.44. The van der Waals surface area contributed by atoms with Gasteiger partial charge in [0.15, 0.2) is 11.5 Å². The van der Waals surface area contributed by atoms with Gasteiger partial charge in [0, 0.05) is 12.6 Å². The number of nitrogens with one attached hydrogen (secondary N) is 1. The molecule has 0 bridgehead atoms. The maximum atomic E-state index is 6.44. The Hall–Kier alpha value is -1.71. The minimum absolute atomic E-state index is 0.465. The molecule has 1 N–H and O–H groups in total. The van der Waals surface area contributed by atoms with E-state index in [9.17, 15) is 0 Å². The van der Waals surface area contributed by atoms with E-state index >= 15 is 0 Å². The first-order valence-electron chi connectivity index (χ1n) is 8.32. The Morgan fingerprint density at radius 3 is 2.62 bits per heavy atom. The van der Waals surface area contributed by atoms with Gasteiger partial charge in [-0.05, 0) is 49.1 Å². The summed E-state index contributed by atoms with van der Waals surface area (Å²) in [6.07, 6.45) is 1.09. The summed E-state index contributed by atoms with van der Waals surface area (Å²) in [7, 11) is 1.64. The molecule has 0 amide bonds. The summed E-state index contributed by atoms with van der Waals surface area (Å²) < 4.78 is 11.4. The van der Waals surface area contributed by atoms with E-state index in [1.165, 1.54) is 5.56 Å². The smallest absolute Gasteiger partial charge is 0.180 e. The molecule has 0 aromatic heterocycles. The zero-order valence-corrected chi connectivity index (χ0v) is 15.6. The number of halogens is 1. The molecule has 24 heavy (non-hydrogen) atoms. The molecule has 0 unspecified atom stereocenters. The van der Waals surface area contributed by atoms with Gasteiger partial charge in [-0.25, -0.2) is 0 Å². The van der Waals surface area contributed by atoms with Crippen LogP contribution in [-0.2, 0) is 13.2 Å². The molecule has 0 saturated carbocycles. The Labute approximate surface area is 149 Å². The van der Waals surface area contributed by atoms with E-state index in [2.05, 4.69) is 38.2 Å². The molecule has 2 rings (SSSR count). The predicted molar refractivity (Wildman–Crippen MR) is 100 cm³/mol. The Kier molecular flexibility index (Phi) is 6.95. The number of rotatable bonds is 8. The van der Waals surface area contributed by atoms with Crippen LogP contribution in [0, 0.1) is 6.92 Å². The summed E-state index contributed by atoms with van der Waals surface area (Å²) in [5.41, 5.74) is 3.42. The highest BCUT2D eigenvalue weighted by molar-refractivity contribution is 6.32. The van der Waals surface area contributed by atoms with Crippen molar-refractivity contribution in [1.82, 2.24) is 5.32 Å². The number of hydrogen-bond acceptors (Lipinski definition) is 3. The van der Waals surface area contributed by atoms with Crippen LogP contribution in [0.25, 0.3) is 0 Å². The lowest BCUT2D eigenvalue weighted by atomic mass is 10.1. The molecular formula is C20H26ClNO2. The normalized spacial score (nSPS) is 12.0. The molecule has 0 radical (unpaired) electrons. The van der Waals surface area contributed by atoms with E-state index in [1.807, 2.05) is 24.3 Å². The highest BCUT2D eigenvalue weighted by Gasteiger charge is 2.13. The van der Waals surface area contributed by atoms with Crippen LogP contribution in [0.2, 0.25) is 5.02 Å². The van der Waals surface area contributed by atoms with Crippen molar-refractivity contribution in [3.63, 3.8) is 0 Å². The van der Waals surface area contributed by atoms with Crippen molar-refractivity contribution in [2.75, 3.05) is 7.11 Å². The lowest BCUT2D eigenvalue weighted by Gasteiger charge is -2.16. The second kappa shape index (κ2) is 8.95. The van der Waals surface area contributed by atoms with Gasteiger partial charge in [-0.2, -0.15) is 0 Å². The van der Waals surface area contributed by atoms with Crippen LogP contribution in [0.1, 0.15) is 37.0 Å². The number of aryl methyl sites for hydroxylation is 1. The number of hydrogen-bond donors (Lipinski definition) is 1. The Bertz CT molecular complexity index is 673. The van der Waals surface area contributed by atoms with E-state index in [4.69, 9.17) is 21.1 Å². The largest absolute Gasteiger partial charge is 0.493 e. The maximum Gasteiger partial charge on any atom is 0.180 e. The summed E-state index contributed by atoms with van der Waals surface area (Å²) in [6.45, 7) is 7.61. The zero-order chi connectivity index (χ0) is 17.5. The van der Waals surface area contributed by atoms with Crippen molar-refractivity contribution in [3.8, 4) is 11.5 Å². The summed E-state index contributed by atoms with van der Waals surface area (Å²) in [6, 6.07) is 12.5. The molecule has 0 fully saturated rings. The molecule has 3 nitrogen and oxygen atoms in total. The molecule has 1 atom stereocenters. The fraction of sp³-hybridized carbons (Fsp3) is 0.400. The third-order valence-electron chi connectivity index (χ3n) is 4.19. The molecule has 0 spiro atoms. The Balaban J connectivity index is 2.13. The first-order chi connectivity index (χ1) is 11.5. The molecule has 0 heterocycles. The van der Waals surface area contributed by atoms with Gasteiger partial charge < -0.3 is 14.8 Å². The minimum atomic E-state index is 0.465. The van der Waals surface area contributed by atoms with Gasteiger partial charge in [-0.3, -0.25) is 0 Å². The standard InChI is InChI=1S/C20H26ClNO2/c1-5-15(3)22-12-16-10-18(21)20(19(11-16)23-4)24-13-17-9-7-6-8-14(17)2/h6-11,15,22H,5,12-13H2,1-4H3/t15-/m1/s1. The van der Waals surface area contributed by atoms with Gasteiger partial charge in [0.25, 0.3) is 0 Å². The van der Waals surface area contributed by atoms with Crippen LogP contribution in [-0.4, -0.2) is 13.2 Å². The summed E-state index contributed by atoms with van der Waals surface area (Å²) in [5.74, 6) is 1.26. The first kappa shape index (κ1) is 18.6. The fourth-order valence-corrected chi connectivity index (χ4v) is 2.66. The van der Waals surface area contributed by atoms with Gasteiger partial charge in [0.05, 0.1) is 12.1 Å². The van der Waals surface area contributed by atoms with Crippen molar-refractivity contribution >= 4 is 11.6 Å². The quantitative estimate of drug-likeness (QED) is 0.718. The summed E-state index contributed by atoms with van der Waals surface area (Å²) in [4.78, 5) is 0. The summed E-state index contributed by atoms with van der Waals surface area (Å²) in [5, 5.41) is 4.03. The number of methoxy groups -OCH3 is 1. The van der Waals surface area contributed by atoms with Crippen molar-refractivity contribution in [2.45, 2.75) is 46.4 Å². The van der Waals surface area contributed by atoms with Crippen LogP contribution in [0.15, 0.2) is 36.4 Å². The lowest BCUT2D eigenvalue weighted by Crippen LogP contribution is -2.24. The average molecular weight is 348 g/mol. The van der Waals surface area contributed by atoms with E-state index in [0.717, 1.165) is 24.1 Å². The second-order valence-electron chi connectivity index (χ2n) is 6.01. The van der Waals surface area contributed by atoms with Crippen molar-refractivity contribution in [2.24, 2.45) is 0 Å². The molecule has 0 saturated heterocycles. The molecule has 130 valence electrons. The van der Waals surface area contributed by atoms with Crippen LogP contribution >= 0.6 is 11.6 Å². The predicted octanol–water partition coefficient (Wildman–Crippen LogP) is 5.12. The van der Waals surface area contributed by atoms with E-state index < -0.39 is 0 Å². The first-order valence-corrected chi connectivity index (χ1v) is 8.70. The van der Waals surface area contributed by atoms with Gasteiger partial charge in [-0.15, -0.1) is 0 Å². The van der Waals surface area contributed by atoms with Gasteiger partial charge >= 0.3 is 0 Å². The van der Waals surface area contributed by atoms with Gasteiger partial charge in [-0.1, -0.05) is 42.8 Å².